The van der Waals surface area contributed by atoms with Crippen LogP contribution in [0.15, 0.2) is 47.8 Å². The van der Waals surface area contributed by atoms with Crippen molar-refractivity contribution in [1.29, 1.82) is 0 Å². The number of hydrogen-bond donors (Lipinski definition) is 1. The van der Waals surface area contributed by atoms with E-state index in [4.69, 9.17) is 0 Å². The molecule has 1 N–H and O–H groups in total. The van der Waals surface area contributed by atoms with Crippen molar-refractivity contribution in [1.82, 2.24) is 25.2 Å². The normalized spacial score (nSPS) is 14.8. The molecule has 1 saturated heterocycles. The van der Waals surface area contributed by atoms with Crippen molar-refractivity contribution < 1.29 is 0 Å². The summed E-state index contributed by atoms with van der Waals surface area (Å²) in [5.74, 6) is 1.75. The molecule has 0 radical (unpaired) electrons. The lowest BCUT2D eigenvalue weighted by atomic mass is 10.3. The average molecular weight is 453 g/mol. The number of anilines is 1. The van der Waals surface area contributed by atoms with Gasteiger partial charge in [-0.25, -0.2) is 9.97 Å². The molecule has 0 spiro atoms. The van der Waals surface area contributed by atoms with Gasteiger partial charge >= 0.3 is 0 Å². The molecule has 25 heavy (non-hydrogen) atoms. The van der Waals surface area contributed by atoms with Crippen molar-refractivity contribution in [3.63, 3.8) is 0 Å². The summed E-state index contributed by atoms with van der Waals surface area (Å²) in [4.78, 5) is 21.9. The molecule has 3 rings (SSSR count). The van der Waals surface area contributed by atoms with Crippen LogP contribution in [0.25, 0.3) is 0 Å². The van der Waals surface area contributed by atoms with Crippen molar-refractivity contribution in [3.05, 3.63) is 48.5 Å². The second kappa shape index (κ2) is 10.1. The van der Waals surface area contributed by atoms with Crippen LogP contribution in [0.4, 0.5) is 5.95 Å². The van der Waals surface area contributed by atoms with Gasteiger partial charge in [0.05, 0.1) is 0 Å². The number of piperazine rings is 1. The van der Waals surface area contributed by atoms with Crippen LogP contribution in [0.1, 0.15) is 5.69 Å². The Hall–Kier alpha value is -1.97. The van der Waals surface area contributed by atoms with Gasteiger partial charge < -0.3 is 15.1 Å². The van der Waals surface area contributed by atoms with Crippen LogP contribution in [0, 0.1) is 0 Å². The second-order valence-corrected chi connectivity index (χ2v) is 5.57. The minimum atomic E-state index is 0. The van der Waals surface area contributed by atoms with Crippen molar-refractivity contribution in [2.75, 3.05) is 44.7 Å². The summed E-state index contributed by atoms with van der Waals surface area (Å²) in [5, 5.41) is 3.43. The van der Waals surface area contributed by atoms with E-state index < -0.39 is 0 Å². The molecule has 7 nitrogen and oxygen atoms in total. The maximum Gasteiger partial charge on any atom is 0.225 e. The van der Waals surface area contributed by atoms with E-state index in [1.54, 1.807) is 12.4 Å². The largest absolute Gasteiger partial charge is 0.356 e. The second-order valence-electron chi connectivity index (χ2n) is 5.57. The zero-order valence-electron chi connectivity index (χ0n) is 14.4. The number of halogens is 1. The van der Waals surface area contributed by atoms with Gasteiger partial charge in [-0.05, 0) is 18.2 Å². The average Bonchev–Trinajstić information content (AvgIpc) is 2.67. The molecule has 0 bridgehead atoms. The minimum Gasteiger partial charge on any atom is -0.356 e. The lowest BCUT2D eigenvalue weighted by Gasteiger charge is -2.36. The first-order valence-electron chi connectivity index (χ1n) is 8.24. The van der Waals surface area contributed by atoms with Gasteiger partial charge in [-0.15, -0.1) is 24.0 Å². The molecule has 1 aliphatic heterocycles. The highest BCUT2D eigenvalue weighted by Crippen LogP contribution is 2.09. The van der Waals surface area contributed by atoms with Gasteiger partial charge in [0, 0.05) is 70.5 Å². The maximum absolute atomic E-state index is 4.40. The summed E-state index contributed by atoms with van der Waals surface area (Å²) in [7, 11) is 1.83. The first-order chi connectivity index (χ1) is 11.9. The van der Waals surface area contributed by atoms with Crippen LogP contribution in [0.5, 0.6) is 0 Å². The Morgan fingerprint density at radius 1 is 1.04 bits per heavy atom. The fraction of sp³-hybridized carbons (Fsp3) is 0.412. The molecule has 1 fully saturated rings. The first-order valence-corrected chi connectivity index (χ1v) is 8.24. The first kappa shape index (κ1) is 19.4. The number of rotatable bonds is 4. The standard InChI is InChI=1S/C17H23N7.HI/c1-18-16(22-10-6-15-5-2-3-7-19-15)23-11-13-24(14-12-23)17-20-8-4-9-21-17;/h2-5,7-9H,6,10-14H2,1H3,(H,18,22);1H. The summed E-state index contributed by atoms with van der Waals surface area (Å²) >= 11 is 0. The van der Waals surface area contributed by atoms with Gasteiger partial charge in [0.1, 0.15) is 0 Å². The molecule has 134 valence electrons. The summed E-state index contributed by atoms with van der Waals surface area (Å²) in [6.07, 6.45) is 6.28. The Morgan fingerprint density at radius 3 is 2.40 bits per heavy atom. The highest BCUT2D eigenvalue weighted by molar-refractivity contribution is 14.0. The van der Waals surface area contributed by atoms with E-state index in [1.807, 2.05) is 37.5 Å². The number of guanidine groups is 1. The third kappa shape index (κ3) is 5.52. The molecule has 1 aliphatic rings. The predicted octanol–water partition coefficient (Wildman–Crippen LogP) is 1.43. The Morgan fingerprint density at radius 2 is 1.76 bits per heavy atom. The highest BCUT2D eigenvalue weighted by atomic mass is 127. The quantitative estimate of drug-likeness (QED) is 0.429. The molecule has 2 aromatic heterocycles. The third-order valence-electron chi connectivity index (χ3n) is 4.02. The molecule has 0 atom stereocenters. The molecule has 8 heteroatoms. The Kier molecular flexibility index (Phi) is 7.83. The van der Waals surface area contributed by atoms with Gasteiger partial charge in [0.2, 0.25) is 5.95 Å². The summed E-state index contributed by atoms with van der Waals surface area (Å²) in [6, 6.07) is 7.84. The monoisotopic (exact) mass is 453 g/mol. The smallest absolute Gasteiger partial charge is 0.225 e. The zero-order valence-corrected chi connectivity index (χ0v) is 16.7. The zero-order chi connectivity index (χ0) is 16.6. The molecular formula is C17H24IN7. The van der Waals surface area contributed by atoms with E-state index >= 15 is 0 Å². The minimum absolute atomic E-state index is 0. The van der Waals surface area contributed by atoms with Crippen molar-refractivity contribution >= 4 is 35.9 Å². The van der Waals surface area contributed by atoms with E-state index in [0.717, 1.165) is 56.7 Å². The number of hydrogen-bond acceptors (Lipinski definition) is 5. The summed E-state index contributed by atoms with van der Waals surface area (Å²) in [6.45, 7) is 4.42. The number of nitrogens with one attached hydrogen (secondary N) is 1. The lowest BCUT2D eigenvalue weighted by Crippen LogP contribution is -2.53. The van der Waals surface area contributed by atoms with Crippen LogP contribution < -0.4 is 10.2 Å². The summed E-state index contributed by atoms with van der Waals surface area (Å²) < 4.78 is 0. The Bertz CT molecular complexity index is 643. The highest BCUT2D eigenvalue weighted by Gasteiger charge is 2.20. The van der Waals surface area contributed by atoms with Crippen molar-refractivity contribution in [2.45, 2.75) is 6.42 Å². The van der Waals surface area contributed by atoms with Crippen LogP contribution in [-0.4, -0.2) is 65.6 Å². The van der Waals surface area contributed by atoms with E-state index in [9.17, 15) is 0 Å². The maximum atomic E-state index is 4.40. The van der Waals surface area contributed by atoms with Gasteiger partial charge in [-0.2, -0.15) is 0 Å². The molecule has 3 heterocycles. The molecule has 0 aliphatic carbocycles. The SMILES string of the molecule is CN=C(NCCc1ccccn1)N1CCN(c2ncccn2)CC1.I. The number of aromatic nitrogens is 3. The van der Waals surface area contributed by atoms with Crippen LogP contribution in [0.3, 0.4) is 0 Å². The van der Waals surface area contributed by atoms with Gasteiger partial charge in [0.25, 0.3) is 0 Å². The van der Waals surface area contributed by atoms with E-state index in [1.165, 1.54) is 0 Å². The molecule has 0 unspecified atom stereocenters. The van der Waals surface area contributed by atoms with Gasteiger partial charge in [-0.3, -0.25) is 9.98 Å². The van der Waals surface area contributed by atoms with Gasteiger partial charge in [0.15, 0.2) is 5.96 Å². The molecular weight excluding hydrogens is 429 g/mol. The predicted molar refractivity (Wildman–Crippen MR) is 111 cm³/mol. The molecule has 2 aromatic rings. The van der Waals surface area contributed by atoms with Crippen LogP contribution in [0.2, 0.25) is 0 Å². The fourth-order valence-electron chi connectivity index (χ4n) is 2.75. The molecule has 0 saturated carbocycles. The molecule has 0 aromatic carbocycles. The Balaban J connectivity index is 0.00000225. The van der Waals surface area contributed by atoms with Crippen LogP contribution >= 0.6 is 24.0 Å². The van der Waals surface area contributed by atoms with Crippen LogP contribution in [-0.2, 0) is 6.42 Å². The Labute approximate surface area is 165 Å². The molecule has 0 amide bonds. The van der Waals surface area contributed by atoms with E-state index in [-0.39, 0.29) is 24.0 Å². The fourth-order valence-corrected chi connectivity index (χ4v) is 2.75. The number of aliphatic imine (C=N–C) groups is 1. The van der Waals surface area contributed by atoms with Crippen molar-refractivity contribution in [2.24, 2.45) is 4.99 Å². The van der Waals surface area contributed by atoms with E-state index in [0.29, 0.717) is 0 Å². The third-order valence-corrected chi connectivity index (χ3v) is 4.02. The topological polar surface area (TPSA) is 69.5 Å². The lowest BCUT2D eigenvalue weighted by molar-refractivity contribution is 0.370. The van der Waals surface area contributed by atoms with E-state index in [2.05, 4.69) is 35.1 Å². The van der Waals surface area contributed by atoms with Crippen molar-refractivity contribution in [3.8, 4) is 0 Å². The number of pyridine rings is 1. The van der Waals surface area contributed by atoms with Gasteiger partial charge in [-0.1, -0.05) is 6.07 Å². The summed E-state index contributed by atoms with van der Waals surface area (Å²) in [5.41, 5.74) is 1.09. The number of nitrogens with zero attached hydrogens (tertiary/aromatic N) is 6.